The molecular formula is C73H99IN6O24S3. The van der Waals surface area contributed by atoms with Crippen LogP contribution in [0.25, 0.3) is 0 Å². The monoisotopic (exact) mass is 1670 g/mol. The Bertz CT molecular complexity index is 3700. The molecule has 5 saturated heterocycles. The molecule has 0 spiro atoms. The van der Waals surface area contributed by atoms with Crippen LogP contribution in [0.4, 0.5) is 4.79 Å². The Labute approximate surface area is 649 Å². The average Bonchev–Trinajstić information content (AvgIpc) is 1.56. The number of ether oxygens (including phenoxy) is 14. The molecule has 0 radical (unpaired) electrons. The van der Waals surface area contributed by atoms with Crippen LogP contribution < -0.4 is 40.5 Å². The number of carbonyl (C=O) groups is 5. The number of halogens is 1. The summed E-state index contributed by atoms with van der Waals surface area (Å²) in [6.07, 6.45) is -13.3. The first-order valence-electron chi connectivity index (χ1n) is 35.1. The Kier molecular flexibility index (Phi) is 30.1. The number of aliphatic hydroxyl groups is 4. The minimum absolute atomic E-state index is 0.0298. The average molecular weight is 1670 g/mol. The number of epoxide rings is 1. The summed E-state index contributed by atoms with van der Waals surface area (Å²) in [5.41, 5.74) is 5.96. The van der Waals surface area contributed by atoms with Crippen LogP contribution in [0.5, 0.6) is 23.0 Å². The molecule has 2 aromatic rings. The molecule has 1 saturated carbocycles. The lowest BCUT2D eigenvalue weighted by Gasteiger charge is -2.48. The highest BCUT2D eigenvalue weighted by Crippen LogP contribution is 2.50. The van der Waals surface area contributed by atoms with Crippen molar-refractivity contribution in [1.82, 2.24) is 26.4 Å². The summed E-state index contributed by atoms with van der Waals surface area (Å²) in [4.78, 5) is 74.8. The van der Waals surface area contributed by atoms with Gasteiger partial charge in [0.05, 0.1) is 104 Å². The standard InChI is InChI=1S/C73H99IN6O24S3/c1-17-80(40(6)81)44-35-96-50(33-48(44)90-12)100-62-57(85)55(78-104-51-32-45(82)65(39(5)97-51)106-66(87)52-36(2)54(74)60(63(93-15)59(52)91-13)101-67-58(86)61(92-14)64-69(102-64)103-67)38(4)98-68(62)99-47-22-20-18-19-21-29-73(89)34-46(83)56(75-70(88)94-16)53(47)43(73)28-31-105-107-72(10,11)79-77-37(3)41-23-25-42(26-24-41)95-30-27-49(84)76-71(7,8)9/h18-19,23-26,28,38-39,44-45,47-48,50-51,53,55-58,61-62,64-65,67-69,78-79,82,85-86,89H,17,27,30-35H2,1-16H3,(H,75,88)(H,76,84)/b19-18-,43-28+,77-37?/t38?,39?,44?,45?,47-,48?,50?,51?,53?,55?,56+,57?,58?,61?,62?,64?,65?,67?,68?,69?,73-/m0/s1. The first kappa shape index (κ1) is 85.4. The van der Waals surface area contributed by atoms with Crippen molar-refractivity contribution < 1.29 is 116 Å². The second-order valence-electron chi connectivity index (χ2n) is 28.0. The fourth-order valence-corrected chi connectivity index (χ4v) is 17.2. The first-order valence-corrected chi connectivity index (χ1v) is 39.3. The molecule has 0 aromatic heterocycles. The largest absolute Gasteiger partial charge is 0.493 e. The number of ketones is 1. The van der Waals surface area contributed by atoms with E-state index in [0.717, 1.165) is 24.4 Å². The number of amides is 3. The maximum Gasteiger partial charge on any atom is 0.407 e. The van der Waals surface area contributed by atoms with Gasteiger partial charge in [-0.25, -0.2) is 4.79 Å². The van der Waals surface area contributed by atoms with Gasteiger partial charge in [-0.15, -0.1) is 0 Å². The smallest absolute Gasteiger partial charge is 0.407 e. The molecule has 8 N–H and O–H groups in total. The van der Waals surface area contributed by atoms with E-state index < -0.39 is 156 Å². The second kappa shape index (κ2) is 37.6. The van der Waals surface area contributed by atoms with Crippen molar-refractivity contribution in [2.45, 2.75) is 234 Å². The lowest BCUT2D eigenvalue weighted by molar-refractivity contribution is -0.340. The lowest BCUT2D eigenvalue weighted by Crippen LogP contribution is -2.66. The predicted octanol–water partition coefficient (Wildman–Crippen LogP) is 5.32. The van der Waals surface area contributed by atoms with E-state index in [9.17, 15) is 44.4 Å². The van der Waals surface area contributed by atoms with E-state index in [1.165, 1.54) is 69.1 Å². The highest BCUT2D eigenvalue weighted by atomic mass is 127. The Balaban J connectivity index is 0.926. The van der Waals surface area contributed by atoms with Crippen molar-refractivity contribution in [2.75, 3.05) is 61.1 Å². The molecule has 2 aromatic carbocycles. The van der Waals surface area contributed by atoms with Crippen LogP contribution >= 0.6 is 55.9 Å². The third-order valence-corrected chi connectivity index (χ3v) is 24.4. The molecule has 34 heteroatoms. The number of likely N-dealkylation sites (N-methyl/N-ethyl adjacent to an activating group) is 1. The van der Waals surface area contributed by atoms with Crippen molar-refractivity contribution in [2.24, 2.45) is 11.0 Å². The number of rotatable bonds is 29. The van der Waals surface area contributed by atoms with E-state index in [2.05, 4.69) is 50.3 Å². The number of hydrazone groups is 1. The van der Waals surface area contributed by atoms with Gasteiger partial charge in [-0.05, 0) is 145 Å². The zero-order valence-corrected chi connectivity index (χ0v) is 67.3. The van der Waals surface area contributed by atoms with Crippen molar-refractivity contribution in [1.29, 1.82) is 0 Å². The molecule has 5 heterocycles. The van der Waals surface area contributed by atoms with E-state index in [4.69, 9.17) is 71.2 Å². The molecule has 6 fully saturated rings. The number of hydrogen-bond acceptors (Lipinski definition) is 30. The number of hydrogen-bond donors (Lipinski definition) is 8. The molecule has 3 amide bonds. The molecule has 2 bridgehead atoms. The molecule has 9 rings (SSSR count). The number of fused-ring (bicyclic) bond motifs is 3. The number of carbonyl (C=O) groups excluding carboxylic acids is 5. The lowest BCUT2D eigenvalue weighted by atomic mass is 9.68. The van der Waals surface area contributed by atoms with Gasteiger partial charge in [0, 0.05) is 57.7 Å². The number of thioether (sulfide) groups is 1. The summed E-state index contributed by atoms with van der Waals surface area (Å²) < 4.78 is 85.0. The fraction of sp³-hybridized carbons (Fsp3) is 0.644. The highest BCUT2D eigenvalue weighted by molar-refractivity contribution is 14.1. The number of aliphatic hydroxyl groups excluding tert-OH is 3. The number of hydroxylamine groups is 1. The number of Topliss-reactive ketones (excluding diaryl/α,β-unsaturated/α-hetero) is 1. The van der Waals surface area contributed by atoms with Crippen LogP contribution in [0.15, 0.2) is 53.2 Å². The fourth-order valence-electron chi connectivity index (χ4n) is 13.4. The minimum atomic E-state index is -2.13. The van der Waals surface area contributed by atoms with Gasteiger partial charge in [-0.2, -0.15) is 10.6 Å². The van der Waals surface area contributed by atoms with Crippen molar-refractivity contribution in [3.63, 3.8) is 0 Å². The van der Waals surface area contributed by atoms with Gasteiger partial charge in [-0.1, -0.05) is 63.1 Å². The van der Waals surface area contributed by atoms with Gasteiger partial charge in [0.1, 0.15) is 53.3 Å². The number of alkyl carbamates (subject to hydrolysis) is 1. The van der Waals surface area contributed by atoms with Crippen LogP contribution in [0.3, 0.4) is 0 Å². The van der Waals surface area contributed by atoms with Crippen molar-refractivity contribution in [3.05, 3.63) is 68.3 Å². The summed E-state index contributed by atoms with van der Waals surface area (Å²) in [6.45, 7) is 20.3. The molecule has 18 unspecified atom stereocenters. The van der Waals surface area contributed by atoms with Gasteiger partial charge < -0.3 is 102 Å². The molecular weight excluding hydrogens is 1570 g/mol. The van der Waals surface area contributed by atoms with E-state index in [0.29, 0.717) is 27.1 Å². The first-order chi connectivity index (χ1) is 50.8. The Hall–Kier alpha value is -5.56. The van der Waals surface area contributed by atoms with Gasteiger partial charge in [0.25, 0.3) is 0 Å². The summed E-state index contributed by atoms with van der Waals surface area (Å²) in [7, 11) is 9.67. The van der Waals surface area contributed by atoms with Gasteiger partial charge >= 0.3 is 6.09 Å². The number of benzene rings is 2. The van der Waals surface area contributed by atoms with E-state index in [1.807, 2.05) is 95.3 Å². The Morgan fingerprint density at radius 1 is 0.869 bits per heavy atom. The minimum Gasteiger partial charge on any atom is -0.493 e. The number of methoxy groups -OCH3 is 5. The van der Waals surface area contributed by atoms with Gasteiger partial charge in [0.15, 0.2) is 48.0 Å². The quantitative estimate of drug-likeness (QED) is 0.00588. The predicted molar refractivity (Wildman–Crippen MR) is 403 cm³/mol. The highest BCUT2D eigenvalue weighted by Gasteiger charge is 2.59. The summed E-state index contributed by atoms with van der Waals surface area (Å²) >= 11 is 2.84. The number of nitrogens with zero attached hydrogens (tertiary/aromatic N) is 2. The number of nitrogens with one attached hydrogen (secondary N) is 4. The zero-order valence-electron chi connectivity index (χ0n) is 62.7. The Morgan fingerprint density at radius 2 is 1.59 bits per heavy atom. The van der Waals surface area contributed by atoms with Crippen molar-refractivity contribution in [3.8, 4) is 46.7 Å². The van der Waals surface area contributed by atoms with Crippen LogP contribution in [0.1, 0.15) is 116 Å². The van der Waals surface area contributed by atoms with Crippen LogP contribution in [0.2, 0.25) is 0 Å². The van der Waals surface area contributed by atoms with E-state index in [-0.39, 0.29) is 84.0 Å². The molecule has 7 aliphatic rings. The normalized spacial score (nSPS) is 32.7. The third-order valence-electron chi connectivity index (χ3n) is 18.8. The maximum atomic E-state index is 14.6. The SMILES string of the molecule is CCN(C(C)=O)C1COC(OC2C(O[C@H]3C#C/C=C\C#C[C@]4(O)CC(=O)[C@@H](NC(=O)OC)C3/C4=C\CSSC(C)(C)NN=C(C)c3ccc(OCCC(=O)NC(C)(C)C)cc3)OC(C)C(NOC3CC(O)C(SC(=O)c4c(C)c(I)c(OC5OC6OC6C(OC)C5O)c(OC)c4OC)C(C)O3)C2O)CC1OC. The molecule has 5 aliphatic heterocycles. The molecule has 590 valence electrons. The second-order valence-corrected chi connectivity index (χ2v) is 33.2. The summed E-state index contributed by atoms with van der Waals surface area (Å²) in [5.74, 6) is 10.5. The van der Waals surface area contributed by atoms with Crippen LogP contribution in [-0.4, -0.2) is 253 Å². The zero-order chi connectivity index (χ0) is 78.0. The third kappa shape index (κ3) is 21.2. The van der Waals surface area contributed by atoms with E-state index in [1.54, 1.807) is 31.7 Å². The maximum absolute atomic E-state index is 14.6. The summed E-state index contributed by atoms with van der Waals surface area (Å²) in [5, 5.41) is 57.5. The topological polar surface area (TPSA) is 372 Å². The van der Waals surface area contributed by atoms with Gasteiger partial charge in [-0.3, -0.25) is 29.4 Å². The molecule has 107 heavy (non-hydrogen) atoms. The molecule has 21 atom stereocenters. The van der Waals surface area contributed by atoms with E-state index >= 15 is 0 Å². The number of allylic oxidation sites excluding steroid dienone is 2. The van der Waals surface area contributed by atoms with Crippen LogP contribution in [-0.2, 0) is 66.6 Å². The van der Waals surface area contributed by atoms with Crippen molar-refractivity contribution >= 4 is 90.5 Å². The van der Waals surface area contributed by atoms with Crippen LogP contribution in [0, 0.1) is 40.1 Å². The molecule has 2 aliphatic carbocycles. The summed E-state index contributed by atoms with van der Waals surface area (Å²) in [6, 6.07) is 4.26. The van der Waals surface area contributed by atoms with Gasteiger partial charge in [0.2, 0.25) is 29.0 Å². The molecule has 30 nitrogen and oxygen atoms in total. The Morgan fingerprint density at radius 3 is 2.24 bits per heavy atom.